The molecule has 1 saturated carbocycles. The van der Waals surface area contributed by atoms with Crippen LogP contribution in [0.3, 0.4) is 0 Å². The second kappa shape index (κ2) is 6.39. The van der Waals surface area contributed by atoms with Crippen LogP contribution in [0.15, 0.2) is 42.5 Å². The Labute approximate surface area is 133 Å². The molecule has 2 aromatic carbocycles. The van der Waals surface area contributed by atoms with Crippen LogP contribution >= 0.6 is 0 Å². The Morgan fingerprint density at radius 3 is 2.41 bits per heavy atom. The molecule has 2 aromatic rings. The summed E-state index contributed by atoms with van der Waals surface area (Å²) in [7, 11) is 0. The first kappa shape index (κ1) is 14.2. The van der Waals surface area contributed by atoms with Gasteiger partial charge in [-0.15, -0.1) is 0 Å². The van der Waals surface area contributed by atoms with E-state index in [1.807, 2.05) is 0 Å². The number of piperazine rings is 1. The number of hydrogen-bond acceptors (Lipinski definition) is 2. The lowest BCUT2D eigenvalue weighted by molar-refractivity contribution is 0.125. The molecule has 2 fully saturated rings. The topological polar surface area (TPSA) is 15.3 Å². The first-order valence-corrected chi connectivity index (χ1v) is 8.85. The first-order chi connectivity index (χ1) is 10.9. The quantitative estimate of drug-likeness (QED) is 0.921. The van der Waals surface area contributed by atoms with Crippen LogP contribution in [0.4, 0.5) is 0 Å². The maximum Gasteiger partial charge on any atom is 0.0377 e. The maximum absolute atomic E-state index is 3.50. The zero-order valence-electron chi connectivity index (χ0n) is 13.3. The van der Waals surface area contributed by atoms with E-state index in [0.29, 0.717) is 6.04 Å². The van der Waals surface area contributed by atoms with E-state index in [4.69, 9.17) is 0 Å². The minimum absolute atomic E-state index is 0.620. The van der Waals surface area contributed by atoms with Gasteiger partial charge in [0.25, 0.3) is 0 Å². The molecule has 1 aliphatic carbocycles. The third-order valence-electron chi connectivity index (χ3n) is 5.51. The summed E-state index contributed by atoms with van der Waals surface area (Å²) in [6, 6.07) is 16.5. The second-order valence-corrected chi connectivity index (χ2v) is 6.88. The SMILES string of the molecule is c1ccc2cc([C@H](C3CCCC3)N3CCNCC3)ccc2c1. The molecule has 1 atom stereocenters. The molecule has 2 heteroatoms. The van der Waals surface area contributed by atoms with Crippen molar-refractivity contribution in [3.05, 3.63) is 48.0 Å². The molecule has 1 heterocycles. The standard InChI is InChI=1S/C20H26N2/c1-4-8-18-15-19(10-9-16(18)5-1)20(17-6-2-3-7-17)22-13-11-21-12-14-22/h1,4-5,8-10,15,17,20-21H,2-3,6-7,11-14H2/t20-/m0/s1. The normalized spacial score (nSPS) is 22.2. The van der Waals surface area contributed by atoms with Gasteiger partial charge in [0.05, 0.1) is 0 Å². The summed E-state index contributed by atoms with van der Waals surface area (Å²) in [5.41, 5.74) is 1.53. The Morgan fingerprint density at radius 2 is 1.64 bits per heavy atom. The summed E-state index contributed by atoms with van der Waals surface area (Å²) in [6.45, 7) is 4.65. The highest BCUT2D eigenvalue weighted by atomic mass is 15.2. The average molecular weight is 294 g/mol. The Morgan fingerprint density at radius 1 is 0.909 bits per heavy atom. The molecule has 0 radical (unpaired) electrons. The van der Waals surface area contributed by atoms with Crippen molar-refractivity contribution in [2.45, 2.75) is 31.7 Å². The number of rotatable bonds is 3. The fraction of sp³-hybridized carbons (Fsp3) is 0.500. The molecule has 0 amide bonds. The van der Waals surface area contributed by atoms with Crippen LogP contribution in [-0.2, 0) is 0 Å². The molecule has 2 nitrogen and oxygen atoms in total. The van der Waals surface area contributed by atoms with E-state index in [1.165, 1.54) is 55.1 Å². The van der Waals surface area contributed by atoms with Crippen LogP contribution < -0.4 is 5.32 Å². The Balaban J connectivity index is 1.70. The summed E-state index contributed by atoms with van der Waals surface area (Å²) < 4.78 is 0. The highest BCUT2D eigenvalue weighted by molar-refractivity contribution is 5.83. The van der Waals surface area contributed by atoms with Gasteiger partial charge in [-0.2, -0.15) is 0 Å². The number of benzene rings is 2. The van der Waals surface area contributed by atoms with Crippen LogP contribution in [-0.4, -0.2) is 31.1 Å². The monoisotopic (exact) mass is 294 g/mol. The van der Waals surface area contributed by atoms with Gasteiger partial charge in [-0.25, -0.2) is 0 Å². The third-order valence-corrected chi connectivity index (χ3v) is 5.51. The molecule has 0 unspecified atom stereocenters. The van der Waals surface area contributed by atoms with Crippen LogP contribution in [0, 0.1) is 5.92 Å². The Hall–Kier alpha value is -1.38. The molecule has 22 heavy (non-hydrogen) atoms. The van der Waals surface area contributed by atoms with Crippen LogP contribution in [0.25, 0.3) is 10.8 Å². The van der Waals surface area contributed by atoms with Crippen LogP contribution in [0.5, 0.6) is 0 Å². The van der Waals surface area contributed by atoms with Crippen molar-refractivity contribution in [1.29, 1.82) is 0 Å². The van der Waals surface area contributed by atoms with Crippen molar-refractivity contribution < 1.29 is 0 Å². The van der Waals surface area contributed by atoms with Crippen molar-refractivity contribution in [3.63, 3.8) is 0 Å². The zero-order valence-corrected chi connectivity index (χ0v) is 13.3. The average Bonchev–Trinajstić information content (AvgIpc) is 3.10. The molecular weight excluding hydrogens is 268 g/mol. The number of hydrogen-bond donors (Lipinski definition) is 1. The van der Waals surface area contributed by atoms with E-state index in [2.05, 4.69) is 52.7 Å². The summed E-state index contributed by atoms with van der Waals surface area (Å²) in [5, 5.41) is 6.24. The minimum atomic E-state index is 0.620. The molecule has 116 valence electrons. The molecule has 2 aliphatic rings. The summed E-state index contributed by atoms with van der Waals surface area (Å²) in [6.07, 6.45) is 5.64. The summed E-state index contributed by atoms with van der Waals surface area (Å²) in [5.74, 6) is 0.847. The first-order valence-electron chi connectivity index (χ1n) is 8.85. The molecule has 1 aliphatic heterocycles. The Bertz CT molecular complexity index is 624. The van der Waals surface area contributed by atoms with Crippen molar-refractivity contribution in [1.82, 2.24) is 10.2 Å². The minimum Gasteiger partial charge on any atom is -0.314 e. The lowest BCUT2D eigenvalue weighted by Crippen LogP contribution is -2.46. The van der Waals surface area contributed by atoms with Gasteiger partial charge in [0.2, 0.25) is 0 Å². The van der Waals surface area contributed by atoms with Gasteiger partial charge in [0, 0.05) is 32.2 Å². The molecular formula is C20H26N2. The Kier molecular flexibility index (Phi) is 4.13. The molecule has 0 bridgehead atoms. The van der Waals surface area contributed by atoms with Crippen molar-refractivity contribution in [2.24, 2.45) is 5.92 Å². The summed E-state index contributed by atoms with van der Waals surface area (Å²) in [4.78, 5) is 2.73. The highest BCUT2D eigenvalue weighted by Gasteiger charge is 2.31. The predicted molar refractivity (Wildman–Crippen MR) is 93.1 cm³/mol. The smallest absolute Gasteiger partial charge is 0.0377 e. The molecule has 4 rings (SSSR count). The van der Waals surface area contributed by atoms with Crippen LogP contribution in [0.1, 0.15) is 37.3 Å². The number of nitrogens with zero attached hydrogens (tertiary/aromatic N) is 1. The fourth-order valence-electron chi connectivity index (χ4n) is 4.41. The molecule has 0 aromatic heterocycles. The lowest BCUT2D eigenvalue weighted by atomic mass is 9.88. The zero-order chi connectivity index (χ0) is 14.8. The van der Waals surface area contributed by atoms with Gasteiger partial charge in [-0.3, -0.25) is 4.90 Å². The fourth-order valence-corrected chi connectivity index (χ4v) is 4.41. The van der Waals surface area contributed by atoms with E-state index in [1.54, 1.807) is 0 Å². The van der Waals surface area contributed by atoms with Gasteiger partial charge >= 0.3 is 0 Å². The number of fused-ring (bicyclic) bond motifs is 1. The summed E-state index contributed by atoms with van der Waals surface area (Å²) >= 11 is 0. The van der Waals surface area contributed by atoms with Gasteiger partial charge < -0.3 is 5.32 Å². The van der Waals surface area contributed by atoms with Gasteiger partial charge in [-0.1, -0.05) is 49.2 Å². The van der Waals surface area contributed by atoms with E-state index in [-0.39, 0.29) is 0 Å². The van der Waals surface area contributed by atoms with E-state index in [0.717, 1.165) is 19.0 Å². The number of nitrogens with one attached hydrogen (secondary N) is 1. The van der Waals surface area contributed by atoms with Gasteiger partial charge in [-0.05, 0) is 41.2 Å². The van der Waals surface area contributed by atoms with E-state index < -0.39 is 0 Å². The molecule has 0 spiro atoms. The van der Waals surface area contributed by atoms with Crippen LogP contribution in [0.2, 0.25) is 0 Å². The van der Waals surface area contributed by atoms with Crippen molar-refractivity contribution in [2.75, 3.05) is 26.2 Å². The van der Waals surface area contributed by atoms with E-state index >= 15 is 0 Å². The largest absolute Gasteiger partial charge is 0.314 e. The second-order valence-electron chi connectivity index (χ2n) is 6.88. The highest BCUT2D eigenvalue weighted by Crippen LogP contribution is 2.40. The molecule has 1 saturated heterocycles. The predicted octanol–water partition coefficient (Wildman–Crippen LogP) is 3.98. The van der Waals surface area contributed by atoms with Crippen molar-refractivity contribution in [3.8, 4) is 0 Å². The third kappa shape index (κ3) is 2.78. The van der Waals surface area contributed by atoms with Gasteiger partial charge in [0.1, 0.15) is 0 Å². The van der Waals surface area contributed by atoms with Crippen molar-refractivity contribution >= 4 is 10.8 Å². The van der Waals surface area contributed by atoms with E-state index in [9.17, 15) is 0 Å². The molecule has 1 N–H and O–H groups in total. The lowest BCUT2D eigenvalue weighted by Gasteiger charge is -2.38. The van der Waals surface area contributed by atoms with Gasteiger partial charge in [0.15, 0.2) is 0 Å². The maximum atomic E-state index is 3.50.